The molecular weight excluding hydrogens is 261 g/mol. The Labute approximate surface area is 108 Å². The second-order valence-electron chi connectivity index (χ2n) is 3.38. The maximum atomic E-state index is 5.83. The SMILES string of the molecule is Cc1ccncc1CNc1nc(Cl)nnc1Cl. The molecular formula is C10H9Cl2N5. The van der Waals surface area contributed by atoms with E-state index in [1.807, 2.05) is 13.0 Å². The van der Waals surface area contributed by atoms with Crippen LogP contribution in [-0.4, -0.2) is 20.2 Å². The number of pyridine rings is 1. The van der Waals surface area contributed by atoms with Crippen molar-refractivity contribution in [2.24, 2.45) is 0 Å². The lowest BCUT2D eigenvalue weighted by molar-refractivity contribution is 0.955. The van der Waals surface area contributed by atoms with Gasteiger partial charge in [-0.25, -0.2) is 0 Å². The molecule has 2 aromatic rings. The van der Waals surface area contributed by atoms with Gasteiger partial charge in [-0.1, -0.05) is 11.6 Å². The normalized spacial score (nSPS) is 10.3. The molecule has 0 saturated heterocycles. The second-order valence-corrected chi connectivity index (χ2v) is 4.07. The highest BCUT2D eigenvalue weighted by molar-refractivity contribution is 6.32. The highest BCUT2D eigenvalue weighted by Crippen LogP contribution is 2.17. The Morgan fingerprint density at radius 2 is 2.12 bits per heavy atom. The van der Waals surface area contributed by atoms with Crippen molar-refractivity contribution in [3.63, 3.8) is 0 Å². The molecule has 0 aliphatic heterocycles. The van der Waals surface area contributed by atoms with Crippen LogP contribution < -0.4 is 5.32 Å². The van der Waals surface area contributed by atoms with Gasteiger partial charge in [0.1, 0.15) is 0 Å². The fourth-order valence-corrected chi connectivity index (χ4v) is 1.54. The van der Waals surface area contributed by atoms with Gasteiger partial charge in [0.2, 0.25) is 5.28 Å². The van der Waals surface area contributed by atoms with E-state index >= 15 is 0 Å². The Bertz CT molecular complexity index is 532. The van der Waals surface area contributed by atoms with Crippen molar-refractivity contribution in [2.75, 3.05) is 5.32 Å². The standard InChI is InChI=1S/C10H9Cl2N5/c1-6-2-3-13-4-7(6)5-14-9-8(11)16-17-10(12)15-9/h2-4H,5H2,1H3,(H,14,15,17). The van der Waals surface area contributed by atoms with Gasteiger partial charge in [-0.15, -0.1) is 10.2 Å². The number of hydrogen-bond donors (Lipinski definition) is 1. The van der Waals surface area contributed by atoms with Crippen LogP contribution >= 0.6 is 23.2 Å². The second kappa shape index (κ2) is 5.25. The van der Waals surface area contributed by atoms with E-state index in [9.17, 15) is 0 Å². The number of aryl methyl sites for hydroxylation is 1. The van der Waals surface area contributed by atoms with Crippen LogP contribution in [0.25, 0.3) is 0 Å². The molecule has 0 aliphatic carbocycles. The summed E-state index contributed by atoms with van der Waals surface area (Å²) >= 11 is 11.5. The monoisotopic (exact) mass is 269 g/mol. The van der Waals surface area contributed by atoms with Gasteiger partial charge in [0.25, 0.3) is 0 Å². The van der Waals surface area contributed by atoms with Crippen molar-refractivity contribution >= 4 is 29.0 Å². The zero-order chi connectivity index (χ0) is 12.3. The molecule has 0 fully saturated rings. The largest absolute Gasteiger partial charge is 0.363 e. The van der Waals surface area contributed by atoms with Gasteiger partial charge in [0.15, 0.2) is 11.0 Å². The van der Waals surface area contributed by atoms with Gasteiger partial charge in [0, 0.05) is 18.9 Å². The molecule has 0 aliphatic rings. The third-order valence-corrected chi connectivity index (χ3v) is 2.63. The van der Waals surface area contributed by atoms with Gasteiger partial charge >= 0.3 is 0 Å². The first-order chi connectivity index (χ1) is 8.16. The van der Waals surface area contributed by atoms with Crippen LogP contribution in [0.15, 0.2) is 18.5 Å². The van der Waals surface area contributed by atoms with E-state index in [2.05, 4.69) is 25.5 Å². The zero-order valence-electron chi connectivity index (χ0n) is 8.98. The number of nitrogens with zero attached hydrogens (tertiary/aromatic N) is 4. The Balaban J connectivity index is 2.12. The van der Waals surface area contributed by atoms with E-state index in [0.717, 1.165) is 11.1 Å². The van der Waals surface area contributed by atoms with E-state index in [-0.39, 0.29) is 10.4 Å². The van der Waals surface area contributed by atoms with Gasteiger partial charge in [0.05, 0.1) is 0 Å². The topological polar surface area (TPSA) is 63.6 Å². The van der Waals surface area contributed by atoms with Crippen molar-refractivity contribution in [1.82, 2.24) is 20.2 Å². The van der Waals surface area contributed by atoms with Crippen molar-refractivity contribution in [2.45, 2.75) is 13.5 Å². The average molecular weight is 270 g/mol. The van der Waals surface area contributed by atoms with Crippen LogP contribution in [0.5, 0.6) is 0 Å². The van der Waals surface area contributed by atoms with Crippen LogP contribution in [0, 0.1) is 6.92 Å². The highest BCUT2D eigenvalue weighted by Gasteiger charge is 2.06. The summed E-state index contributed by atoms with van der Waals surface area (Å²) in [6, 6.07) is 1.93. The molecule has 17 heavy (non-hydrogen) atoms. The molecule has 0 unspecified atom stereocenters. The molecule has 0 bridgehead atoms. The van der Waals surface area contributed by atoms with E-state index in [4.69, 9.17) is 23.2 Å². The first-order valence-corrected chi connectivity index (χ1v) is 5.61. The highest BCUT2D eigenvalue weighted by atomic mass is 35.5. The summed E-state index contributed by atoms with van der Waals surface area (Å²) in [5.41, 5.74) is 2.19. The van der Waals surface area contributed by atoms with Crippen molar-refractivity contribution in [3.8, 4) is 0 Å². The first-order valence-electron chi connectivity index (χ1n) is 4.86. The first kappa shape index (κ1) is 12.0. The van der Waals surface area contributed by atoms with E-state index in [1.54, 1.807) is 12.4 Å². The molecule has 0 atom stereocenters. The zero-order valence-corrected chi connectivity index (χ0v) is 10.5. The number of halogens is 2. The quantitative estimate of drug-likeness (QED) is 0.928. The summed E-state index contributed by atoms with van der Waals surface area (Å²) in [5.74, 6) is 0.412. The minimum absolute atomic E-state index is 0.0554. The van der Waals surface area contributed by atoms with Gasteiger partial charge in [-0.3, -0.25) is 4.98 Å². The van der Waals surface area contributed by atoms with Crippen LogP contribution in [0.4, 0.5) is 5.82 Å². The van der Waals surface area contributed by atoms with Crippen LogP contribution in [0.2, 0.25) is 10.4 Å². The number of rotatable bonds is 3. The Morgan fingerprint density at radius 1 is 1.29 bits per heavy atom. The molecule has 0 aromatic carbocycles. The molecule has 2 heterocycles. The van der Waals surface area contributed by atoms with E-state index < -0.39 is 0 Å². The smallest absolute Gasteiger partial charge is 0.245 e. The fourth-order valence-electron chi connectivity index (χ4n) is 1.27. The number of nitrogens with one attached hydrogen (secondary N) is 1. The molecule has 2 aromatic heterocycles. The maximum Gasteiger partial charge on any atom is 0.245 e. The summed E-state index contributed by atoms with van der Waals surface area (Å²) in [6.45, 7) is 2.56. The lowest BCUT2D eigenvalue weighted by atomic mass is 10.2. The minimum atomic E-state index is 0.0554. The van der Waals surface area contributed by atoms with Gasteiger partial charge < -0.3 is 5.32 Å². The fraction of sp³-hybridized carbons (Fsp3) is 0.200. The molecule has 0 amide bonds. The molecule has 0 saturated carbocycles. The summed E-state index contributed by atoms with van der Waals surface area (Å²) < 4.78 is 0. The molecule has 2 rings (SSSR count). The third kappa shape index (κ3) is 3.01. The van der Waals surface area contributed by atoms with Crippen LogP contribution in [0.1, 0.15) is 11.1 Å². The molecule has 0 radical (unpaired) electrons. The summed E-state index contributed by atoms with van der Waals surface area (Å²) in [6.07, 6.45) is 3.53. The Kier molecular flexibility index (Phi) is 3.71. The van der Waals surface area contributed by atoms with Crippen molar-refractivity contribution in [1.29, 1.82) is 0 Å². The van der Waals surface area contributed by atoms with Crippen LogP contribution in [-0.2, 0) is 6.54 Å². The van der Waals surface area contributed by atoms with E-state index in [1.165, 1.54) is 0 Å². The number of aromatic nitrogens is 4. The molecule has 5 nitrogen and oxygen atoms in total. The van der Waals surface area contributed by atoms with Gasteiger partial charge in [-0.05, 0) is 35.7 Å². The predicted molar refractivity (Wildman–Crippen MR) is 66.1 cm³/mol. The lowest BCUT2D eigenvalue weighted by Crippen LogP contribution is -2.05. The van der Waals surface area contributed by atoms with Crippen molar-refractivity contribution < 1.29 is 0 Å². The Morgan fingerprint density at radius 3 is 2.88 bits per heavy atom. The summed E-state index contributed by atoms with van der Waals surface area (Å²) in [4.78, 5) is 8.00. The summed E-state index contributed by atoms with van der Waals surface area (Å²) in [7, 11) is 0. The van der Waals surface area contributed by atoms with E-state index in [0.29, 0.717) is 12.4 Å². The number of hydrogen-bond acceptors (Lipinski definition) is 5. The maximum absolute atomic E-state index is 5.83. The molecule has 7 heteroatoms. The van der Waals surface area contributed by atoms with Crippen molar-refractivity contribution in [3.05, 3.63) is 40.0 Å². The predicted octanol–water partition coefficient (Wildman–Crippen LogP) is 2.49. The number of anilines is 1. The van der Waals surface area contributed by atoms with Gasteiger partial charge in [-0.2, -0.15) is 4.98 Å². The van der Waals surface area contributed by atoms with Crippen LogP contribution in [0.3, 0.4) is 0 Å². The third-order valence-electron chi connectivity index (χ3n) is 2.21. The molecule has 1 N–H and O–H groups in total. The summed E-state index contributed by atoms with van der Waals surface area (Å²) in [5, 5.41) is 10.5. The molecule has 0 spiro atoms. The minimum Gasteiger partial charge on any atom is -0.363 e. The average Bonchev–Trinajstić information content (AvgIpc) is 2.32. The Hall–Kier alpha value is -1.46. The lowest BCUT2D eigenvalue weighted by Gasteiger charge is -2.08. The molecule has 88 valence electrons.